The van der Waals surface area contributed by atoms with Crippen LogP contribution in [0.4, 0.5) is 0 Å². The number of carbonyl (C=O) groups excluding carboxylic acids is 1. The summed E-state index contributed by atoms with van der Waals surface area (Å²) in [5.74, 6) is 0.810. The van der Waals surface area contributed by atoms with Gasteiger partial charge < -0.3 is 9.47 Å². The third-order valence-electron chi connectivity index (χ3n) is 4.82. The third kappa shape index (κ3) is 3.52. The molecule has 2 aromatic heterocycles. The zero-order chi connectivity index (χ0) is 21.4. The molecule has 4 aromatic rings. The van der Waals surface area contributed by atoms with Gasteiger partial charge in [0, 0.05) is 6.08 Å². The van der Waals surface area contributed by atoms with Crippen LogP contribution in [-0.4, -0.2) is 32.1 Å². The molecule has 9 nitrogen and oxygen atoms in total. The second-order valence-corrected chi connectivity index (χ2v) is 6.97. The summed E-state index contributed by atoms with van der Waals surface area (Å²) in [7, 11) is 0. The Hall–Kier alpha value is -4.40. The smallest absolute Gasteiger partial charge is 0.283 e. The molecule has 0 saturated carbocycles. The molecule has 154 valence electrons. The van der Waals surface area contributed by atoms with Gasteiger partial charge in [0.25, 0.3) is 11.5 Å². The van der Waals surface area contributed by atoms with E-state index in [2.05, 4.69) is 15.5 Å². The van der Waals surface area contributed by atoms with Gasteiger partial charge in [-0.15, -0.1) is 0 Å². The van der Waals surface area contributed by atoms with Crippen molar-refractivity contribution in [2.75, 3.05) is 12.2 Å². The number of nitrogens with zero attached hydrogens (tertiary/aromatic N) is 4. The lowest BCUT2D eigenvalue weighted by molar-refractivity contribution is -0.112. The Labute approximate surface area is 176 Å². The fraction of sp³-hybridized carbons (Fsp3) is 0.0909. The van der Waals surface area contributed by atoms with Gasteiger partial charge in [-0.05, 0) is 42.8 Å². The van der Waals surface area contributed by atoms with Crippen molar-refractivity contribution in [3.05, 3.63) is 82.5 Å². The van der Waals surface area contributed by atoms with Crippen LogP contribution >= 0.6 is 0 Å². The number of fused-ring (bicyclic) bond motifs is 2. The Morgan fingerprint density at radius 1 is 1.13 bits per heavy atom. The average Bonchev–Trinajstić information content (AvgIpc) is 3.42. The van der Waals surface area contributed by atoms with E-state index in [-0.39, 0.29) is 6.79 Å². The van der Waals surface area contributed by atoms with Crippen molar-refractivity contribution in [2.24, 2.45) is 0 Å². The monoisotopic (exact) mass is 415 g/mol. The fourth-order valence-electron chi connectivity index (χ4n) is 3.21. The quantitative estimate of drug-likeness (QED) is 0.514. The lowest BCUT2D eigenvalue weighted by atomic mass is 10.2. The Kier molecular flexibility index (Phi) is 4.47. The van der Waals surface area contributed by atoms with E-state index in [1.807, 2.05) is 31.2 Å². The Bertz CT molecular complexity index is 1390. The summed E-state index contributed by atoms with van der Waals surface area (Å²) in [5, 5.41) is 4.57. The van der Waals surface area contributed by atoms with Gasteiger partial charge in [0.15, 0.2) is 17.1 Å². The van der Waals surface area contributed by atoms with E-state index >= 15 is 0 Å². The summed E-state index contributed by atoms with van der Waals surface area (Å²) in [6.07, 6.45) is 5.65. The van der Waals surface area contributed by atoms with Gasteiger partial charge in [0.1, 0.15) is 11.7 Å². The molecule has 0 aliphatic carbocycles. The van der Waals surface area contributed by atoms with Crippen LogP contribution in [0, 0.1) is 6.92 Å². The molecule has 3 heterocycles. The standard InChI is InChI=1S/C22H17N5O4/c1-14-2-6-16(7-3-14)27-21-17(11-24-27)22(29)26(12-23-21)25-20(28)9-5-15-4-8-18-19(10-15)31-13-30-18/h2-12H,13H2,1H3,(H,25,28)/b9-5+. The number of carbonyl (C=O) groups is 1. The molecule has 0 bridgehead atoms. The molecule has 2 aromatic carbocycles. The molecule has 0 spiro atoms. The minimum atomic E-state index is -0.480. The molecule has 31 heavy (non-hydrogen) atoms. The van der Waals surface area contributed by atoms with Gasteiger partial charge >= 0.3 is 0 Å². The maximum atomic E-state index is 12.8. The van der Waals surface area contributed by atoms with E-state index in [4.69, 9.17) is 9.47 Å². The van der Waals surface area contributed by atoms with Crippen LogP contribution in [0.2, 0.25) is 0 Å². The van der Waals surface area contributed by atoms with E-state index in [1.165, 1.54) is 18.6 Å². The Morgan fingerprint density at radius 3 is 2.77 bits per heavy atom. The zero-order valence-electron chi connectivity index (χ0n) is 16.5. The van der Waals surface area contributed by atoms with Gasteiger partial charge in [-0.3, -0.25) is 15.0 Å². The number of aromatic nitrogens is 4. The molecule has 1 aliphatic heterocycles. The van der Waals surface area contributed by atoms with Crippen LogP contribution < -0.4 is 20.5 Å². The van der Waals surface area contributed by atoms with E-state index in [0.717, 1.165) is 21.5 Å². The topological polar surface area (TPSA) is 100 Å². The molecular formula is C22H17N5O4. The normalized spacial score (nSPS) is 12.5. The number of aryl methyl sites for hydroxylation is 1. The fourth-order valence-corrected chi connectivity index (χ4v) is 3.21. The predicted molar refractivity (Wildman–Crippen MR) is 114 cm³/mol. The number of nitrogens with one attached hydrogen (secondary N) is 1. The van der Waals surface area contributed by atoms with Crippen LogP contribution in [0.25, 0.3) is 22.8 Å². The summed E-state index contributed by atoms with van der Waals surface area (Å²) in [6.45, 7) is 2.17. The predicted octanol–water partition coefficient (Wildman–Crippen LogP) is 2.40. The highest BCUT2D eigenvalue weighted by Crippen LogP contribution is 2.32. The molecule has 1 amide bonds. The van der Waals surface area contributed by atoms with Gasteiger partial charge in [0.2, 0.25) is 6.79 Å². The van der Waals surface area contributed by atoms with Crippen LogP contribution in [-0.2, 0) is 4.79 Å². The molecule has 0 radical (unpaired) electrons. The van der Waals surface area contributed by atoms with Crippen molar-refractivity contribution in [2.45, 2.75) is 6.92 Å². The number of hydrogen-bond donors (Lipinski definition) is 1. The minimum absolute atomic E-state index is 0.182. The first kappa shape index (κ1) is 18.6. The second-order valence-electron chi connectivity index (χ2n) is 6.97. The summed E-state index contributed by atoms with van der Waals surface area (Å²) in [4.78, 5) is 29.4. The molecule has 1 aliphatic rings. The molecule has 0 unspecified atom stereocenters. The first-order valence-corrected chi connectivity index (χ1v) is 9.50. The van der Waals surface area contributed by atoms with Crippen LogP contribution in [0.1, 0.15) is 11.1 Å². The summed E-state index contributed by atoms with van der Waals surface area (Å²) in [5.41, 5.74) is 5.17. The van der Waals surface area contributed by atoms with Crippen molar-refractivity contribution < 1.29 is 14.3 Å². The summed E-state index contributed by atoms with van der Waals surface area (Å²) < 4.78 is 13.2. The van der Waals surface area contributed by atoms with Crippen molar-refractivity contribution in [3.8, 4) is 17.2 Å². The SMILES string of the molecule is Cc1ccc(-n2ncc3c(=O)n(NC(=O)/C=C/c4ccc5c(c4)OCO5)cnc32)cc1. The molecule has 0 atom stereocenters. The molecule has 9 heteroatoms. The summed E-state index contributed by atoms with van der Waals surface area (Å²) in [6, 6.07) is 13.1. The number of amides is 1. The van der Waals surface area contributed by atoms with Gasteiger partial charge in [-0.1, -0.05) is 23.8 Å². The molecular weight excluding hydrogens is 398 g/mol. The van der Waals surface area contributed by atoms with Gasteiger partial charge in [-0.25, -0.2) is 14.3 Å². The minimum Gasteiger partial charge on any atom is -0.454 e. The lowest BCUT2D eigenvalue weighted by Crippen LogP contribution is -2.32. The molecule has 5 rings (SSSR count). The second kappa shape index (κ2) is 7.45. The van der Waals surface area contributed by atoms with Crippen LogP contribution in [0.15, 0.2) is 65.9 Å². The van der Waals surface area contributed by atoms with E-state index in [1.54, 1.807) is 29.0 Å². The van der Waals surface area contributed by atoms with Crippen molar-refractivity contribution in [1.82, 2.24) is 19.4 Å². The maximum Gasteiger partial charge on any atom is 0.283 e. The van der Waals surface area contributed by atoms with Crippen molar-refractivity contribution in [3.63, 3.8) is 0 Å². The number of benzene rings is 2. The van der Waals surface area contributed by atoms with E-state index in [0.29, 0.717) is 22.5 Å². The summed E-state index contributed by atoms with van der Waals surface area (Å²) >= 11 is 0. The average molecular weight is 415 g/mol. The van der Waals surface area contributed by atoms with Gasteiger partial charge in [-0.2, -0.15) is 5.10 Å². The van der Waals surface area contributed by atoms with Crippen LogP contribution in [0.3, 0.4) is 0 Å². The third-order valence-corrected chi connectivity index (χ3v) is 4.82. The van der Waals surface area contributed by atoms with Gasteiger partial charge in [0.05, 0.1) is 11.9 Å². The number of hydrogen-bond acceptors (Lipinski definition) is 6. The first-order valence-electron chi connectivity index (χ1n) is 9.50. The Morgan fingerprint density at radius 2 is 1.94 bits per heavy atom. The van der Waals surface area contributed by atoms with Crippen LogP contribution in [0.5, 0.6) is 11.5 Å². The highest BCUT2D eigenvalue weighted by Gasteiger charge is 2.13. The number of rotatable bonds is 4. The molecule has 1 N–H and O–H groups in total. The Balaban J connectivity index is 1.37. The van der Waals surface area contributed by atoms with Crippen molar-refractivity contribution >= 4 is 23.0 Å². The highest BCUT2D eigenvalue weighted by atomic mass is 16.7. The maximum absolute atomic E-state index is 12.8. The number of ether oxygens (including phenoxy) is 2. The lowest BCUT2D eigenvalue weighted by Gasteiger charge is -2.06. The van der Waals surface area contributed by atoms with E-state index in [9.17, 15) is 9.59 Å². The van der Waals surface area contributed by atoms with Crippen molar-refractivity contribution in [1.29, 1.82) is 0 Å². The molecule has 0 fully saturated rings. The largest absolute Gasteiger partial charge is 0.454 e. The molecule has 0 saturated heterocycles. The zero-order valence-corrected chi connectivity index (χ0v) is 16.5. The highest BCUT2D eigenvalue weighted by molar-refractivity contribution is 5.97. The van der Waals surface area contributed by atoms with E-state index < -0.39 is 11.5 Å². The first-order chi connectivity index (χ1) is 15.1.